The summed E-state index contributed by atoms with van der Waals surface area (Å²) in [6.45, 7) is 3.82. The number of aliphatic hydroxyl groups excluding tert-OH is 3. The number of hydrogen-bond donors (Lipinski definition) is 4. The third kappa shape index (κ3) is 44.4. The third-order valence-corrected chi connectivity index (χ3v) is 15.6. The fourth-order valence-electron chi connectivity index (χ4n) is 10.0. The van der Waals surface area contributed by atoms with Crippen molar-refractivity contribution in [3.63, 3.8) is 0 Å². The van der Waals surface area contributed by atoms with Gasteiger partial charge >= 0.3 is 11.9 Å². The Labute approximate surface area is 454 Å². The van der Waals surface area contributed by atoms with Crippen molar-refractivity contribution in [2.24, 2.45) is 0 Å². The van der Waals surface area contributed by atoms with E-state index in [0.29, 0.717) is 19.3 Å². The highest BCUT2D eigenvalue weighted by molar-refractivity contribution is 7.85. The van der Waals surface area contributed by atoms with Gasteiger partial charge in [0.15, 0.2) is 12.4 Å². The zero-order chi connectivity index (χ0) is 54.0. The Balaban J connectivity index is 2.27. The van der Waals surface area contributed by atoms with E-state index in [4.69, 9.17) is 18.9 Å². The molecule has 6 atom stereocenters. The van der Waals surface area contributed by atoms with Crippen LogP contribution in [0.3, 0.4) is 0 Å². The number of unbranched alkanes of at least 4 members (excludes halogenated alkanes) is 41. The molecule has 4 N–H and O–H groups in total. The summed E-state index contributed by atoms with van der Waals surface area (Å²) in [5.41, 5.74) is 0. The Morgan fingerprint density at radius 3 is 1.16 bits per heavy atom. The molecular weight excluding hydrogens is 957 g/mol. The highest BCUT2D eigenvalue weighted by atomic mass is 32.2. The minimum absolute atomic E-state index is 0.122. The molecule has 1 aliphatic heterocycles. The molecule has 1 heterocycles. The Morgan fingerprint density at radius 2 is 0.784 bits per heavy atom. The van der Waals surface area contributed by atoms with Crippen molar-refractivity contribution >= 4 is 22.1 Å². The van der Waals surface area contributed by atoms with Gasteiger partial charge in [0, 0.05) is 12.8 Å². The molecule has 0 bridgehead atoms. The first-order valence-electron chi connectivity index (χ1n) is 31.2. The maximum atomic E-state index is 12.9. The summed E-state index contributed by atoms with van der Waals surface area (Å²) in [6, 6.07) is 0. The molecule has 1 saturated heterocycles. The molecule has 438 valence electrons. The first-order valence-corrected chi connectivity index (χ1v) is 32.9. The van der Waals surface area contributed by atoms with Crippen LogP contribution in [0.2, 0.25) is 0 Å². The molecule has 0 aromatic rings. The van der Waals surface area contributed by atoms with E-state index < -0.39 is 71.2 Å². The third-order valence-electron chi connectivity index (χ3n) is 14.8. The van der Waals surface area contributed by atoms with E-state index in [-0.39, 0.29) is 19.4 Å². The van der Waals surface area contributed by atoms with Crippen LogP contribution >= 0.6 is 0 Å². The molecule has 13 heteroatoms. The molecule has 1 rings (SSSR count). The lowest BCUT2D eigenvalue weighted by molar-refractivity contribution is -0.297. The predicted molar refractivity (Wildman–Crippen MR) is 303 cm³/mol. The number of esters is 2. The number of carbonyl (C=O) groups is 2. The van der Waals surface area contributed by atoms with Gasteiger partial charge < -0.3 is 34.3 Å². The average Bonchev–Trinajstić information content (AvgIpc) is 3.37. The summed E-state index contributed by atoms with van der Waals surface area (Å²) in [5, 5.41) is 31.1. The Bertz CT molecular complexity index is 1390. The van der Waals surface area contributed by atoms with Crippen molar-refractivity contribution in [1.82, 2.24) is 0 Å². The summed E-state index contributed by atoms with van der Waals surface area (Å²) < 4.78 is 54.5. The van der Waals surface area contributed by atoms with Crippen molar-refractivity contribution in [3.05, 3.63) is 12.2 Å². The van der Waals surface area contributed by atoms with E-state index in [1.807, 2.05) is 0 Å². The molecule has 74 heavy (non-hydrogen) atoms. The zero-order valence-corrected chi connectivity index (χ0v) is 48.5. The van der Waals surface area contributed by atoms with Crippen molar-refractivity contribution in [3.8, 4) is 0 Å². The summed E-state index contributed by atoms with van der Waals surface area (Å²) in [6.07, 6.45) is 51.3. The lowest BCUT2D eigenvalue weighted by Gasteiger charge is -2.40. The van der Waals surface area contributed by atoms with E-state index in [2.05, 4.69) is 26.0 Å². The summed E-state index contributed by atoms with van der Waals surface area (Å²) in [4.78, 5) is 25.7. The van der Waals surface area contributed by atoms with Crippen LogP contribution in [-0.4, -0.2) is 96.0 Å². The maximum absolute atomic E-state index is 12.9. The second kappa shape index (κ2) is 50.9. The Morgan fingerprint density at radius 1 is 0.446 bits per heavy atom. The quantitative estimate of drug-likeness (QED) is 0.0196. The Hall–Kier alpha value is -1.61. The first-order chi connectivity index (χ1) is 36.0. The van der Waals surface area contributed by atoms with Crippen LogP contribution in [0.4, 0.5) is 0 Å². The van der Waals surface area contributed by atoms with Crippen LogP contribution in [-0.2, 0) is 38.7 Å². The minimum atomic E-state index is -4.61. The number of carbonyl (C=O) groups excluding carboxylic acids is 2. The van der Waals surface area contributed by atoms with Gasteiger partial charge in [0.05, 0.1) is 6.61 Å². The smallest absolute Gasteiger partial charge is 0.306 e. The number of allylic oxidation sites excluding steroid dienone is 2. The largest absolute Gasteiger partial charge is 0.462 e. The fourth-order valence-corrected chi connectivity index (χ4v) is 10.7. The van der Waals surface area contributed by atoms with Crippen molar-refractivity contribution in [2.75, 3.05) is 19.0 Å². The fraction of sp³-hybridized carbons (Fsp3) is 0.934. The summed E-state index contributed by atoms with van der Waals surface area (Å²) in [7, 11) is -4.61. The highest BCUT2D eigenvalue weighted by Gasteiger charge is 2.46. The van der Waals surface area contributed by atoms with Gasteiger partial charge in [-0.1, -0.05) is 276 Å². The topological polar surface area (TPSA) is 186 Å². The van der Waals surface area contributed by atoms with E-state index in [9.17, 15) is 37.9 Å². The van der Waals surface area contributed by atoms with Gasteiger partial charge in [-0.2, -0.15) is 8.42 Å². The van der Waals surface area contributed by atoms with Crippen LogP contribution < -0.4 is 0 Å². The van der Waals surface area contributed by atoms with Crippen LogP contribution in [0.1, 0.15) is 309 Å². The van der Waals surface area contributed by atoms with Gasteiger partial charge in [-0.3, -0.25) is 14.1 Å². The van der Waals surface area contributed by atoms with Crippen molar-refractivity contribution in [1.29, 1.82) is 0 Å². The number of rotatable bonds is 55. The van der Waals surface area contributed by atoms with E-state index >= 15 is 0 Å². The van der Waals surface area contributed by atoms with Crippen LogP contribution in [0.5, 0.6) is 0 Å². The van der Waals surface area contributed by atoms with Crippen molar-refractivity contribution in [2.45, 2.75) is 346 Å². The number of ether oxygens (including phenoxy) is 4. The second-order valence-corrected chi connectivity index (χ2v) is 23.6. The molecule has 0 spiro atoms. The van der Waals surface area contributed by atoms with Gasteiger partial charge in [-0.05, 0) is 32.1 Å². The molecule has 1 aliphatic rings. The van der Waals surface area contributed by atoms with Gasteiger partial charge in [0.2, 0.25) is 0 Å². The lowest BCUT2D eigenvalue weighted by Crippen LogP contribution is -2.60. The molecule has 0 amide bonds. The molecule has 0 saturated carbocycles. The molecule has 0 aromatic carbocycles. The standard InChI is InChI=1S/C61H116O12S/c1-3-5-7-9-11-13-15-17-19-21-23-25-27-29-31-33-35-37-39-41-43-45-47-49-56(62)70-51-54(52-71-61-60(66)59(65)58(64)55(73-61)53-74(67,68)69)72-57(63)50-48-46-44-42-40-38-36-34-32-30-28-26-24-22-20-18-16-14-12-10-8-6-4-2/h42,44,54-55,58-61,64-66H,3-41,43,45-53H2,1-2H3,(H,67,68,69)/b44-42+/t54-,55-,58-,59?,60?,61+/m1/s1. The predicted octanol–water partition coefficient (Wildman–Crippen LogP) is 15.7. The van der Waals surface area contributed by atoms with Crippen LogP contribution in [0.15, 0.2) is 12.2 Å². The van der Waals surface area contributed by atoms with Crippen LogP contribution in [0, 0.1) is 0 Å². The SMILES string of the molecule is CCCCCCCCCCCCCCCCCCCC/C=C/CCCC(=O)O[C@H](COC(=O)CCCCCCCCCCCCCCCCCCCCCCCCC)CO[C@H]1O[C@H](CS(=O)(=O)O)[C@@H](O)C(O)C1O. The normalized spacial score (nSPS) is 18.6. The van der Waals surface area contributed by atoms with Crippen LogP contribution in [0.25, 0.3) is 0 Å². The monoisotopic (exact) mass is 1070 g/mol. The van der Waals surface area contributed by atoms with E-state index in [1.54, 1.807) is 0 Å². The second-order valence-electron chi connectivity index (χ2n) is 22.1. The first kappa shape index (κ1) is 70.4. The number of hydrogen-bond acceptors (Lipinski definition) is 11. The molecule has 0 aromatic heterocycles. The van der Waals surface area contributed by atoms with Gasteiger partial charge in [-0.15, -0.1) is 0 Å². The average molecular weight is 1070 g/mol. The van der Waals surface area contributed by atoms with Crippen molar-refractivity contribution < 1.29 is 56.8 Å². The summed E-state index contributed by atoms with van der Waals surface area (Å²) >= 11 is 0. The molecule has 0 aliphatic carbocycles. The van der Waals surface area contributed by atoms with Gasteiger partial charge in [-0.25, -0.2) is 0 Å². The van der Waals surface area contributed by atoms with Gasteiger partial charge in [0.1, 0.15) is 36.8 Å². The van der Waals surface area contributed by atoms with E-state index in [1.165, 1.54) is 231 Å². The molecule has 2 unspecified atom stereocenters. The number of aliphatic hydroxyl groups is 3. The molecule has 1 fully saturated rings. The highest BCUT2D eigenvalue weighted by Crippen LogP contribution is 2.24. The Kier molecular flexibility index (Phi) is 48.4. The zero-order valence-electron chi connectivity index (χ0n) is 47.7. The molecule has 0 radical (unpaired) electrons. The van der Waals surface area contributed by atoms with E-state index in [0.717, 1.165) is 32.1 Å². The maximum Gasteiger partial charge on any atom is 0.306 e. The summed E-state index contributed by atoms with van der Waals surface area (Å²) in [5.74, 6) is -2.00. The minimum Gasteiger partial charge on any atom is -0.462 e. The molecular formula is C61H116O12S. The van der Waals surface area contributed by atoms with Gasteiger partial charge in [0.25, 0.3) is 10.1 Å². The lowest BCUT2D eigenvalue weighted by atomic mass is 10.00. The molecule has 12 nitrogen and oxygen atoms in total.